The third-order valence-corrected chi connectivity index (χ3v) is 4.89. The van der Waals surface area contributed by atoms with Crippen molar-refractivity contribution in [1.29, 1.82) is 0 Å². The average Bonchev–Trinajstić information content (AvgIpc) is 3.21. The summed E-state index contributed by atoms with van der Waals surface area (Å²) in [7, 11) is 0. The Labute approximate surface area is 161 Å². The van der Waals surface area contributed by atoms with Gasteiger partial charge in [0.25, 0.3) is 11.8 Å². The van der Waals surface area contributed by atoms with Crippen LogP contribution in [0.1, 0.15) is 25.1 Å². The first-order valence-corrected chi connectivity index (χ1v) is 9.64. The number of carbonyl (C=O) groups is 2. The van der Waals surface area contributed by atoms with Gasteiger partial charge in [-0.05, 0) is 49.9 Å². The summed E-state index contributed by atoms with van der Waals surface area (Å²) >= 11 is 1.38. The minimum absolute atomic E-state index is 0.0972. The zero-order valence-electron chi connectivity index (χ0n) is 15.2. The van der Waals surface area contributed by atoms with Crippen molar-refractivity contribution in [3.05, 3.63) is 58.2 Å². The molecule has 27 heavy (non-hydrogen) atoms. The van der Waals surface area contributed by atoms with Crippen LogP contribution < -0.4 is 5.32 Å². The number of amides is 2. The maximum atomic E-state index is 13.5. The van der Waals surface area contributed by atoms with Crippen LogP contribution in [0.15, 0.2) is 47.5 Å². The lowest BCUT2D eigenvalue weighted by Gasteiger charge is -2.16. The largest absolute Gasteiger partial charge is 0.379 e. The van der Waals surface area contributed by atoms with Crippen LogP contribution in [-0.4, -0.2) is 36.0 Å². The van der Waals surface area contributed by atoms with Crippen molar-refractivity contribution in [2.75, 3.05) is 18.5 Å². The van der Waals surface area contributed by atoms with Gasteiger partial charge in [0.2, 0.25) is 0 Å². The lowest BCUT2D eigenvalue weighted by Crippen LogP contribution is -2.34. The molecule has 0 atom stereocenters. The number of imide groups is 1. The molecule has 1 aromatic heterocycles. The number of nitrogens with zero attached hydrogens (tertiary/aromatic N) is 1. The maximum absolute atomic E-state index is 13.5. The van der Waals surface area contributed by atoms with Gasteiger partial charge in [0.05, 0.1) is 11.7 Å². The molecule has 1 N–H and O–H groups in total. The van der Waals surface area contributed by atoms with Crippen molar-refractivity contribution in [3.8, 4) is 0 Å². The number of nitrogens with one attached hydrogen (secondary N) is 1. The number of carbonyl (C=O) groups excluding carboxylic acids is 2. The van der Waals surface area contributed by atoms with E-state index in [9.17, 15) is 14.0 Å². The highest BCUT2D eigenvalue weighted by Crippen LogP contribution is 2.33. The SMILES string of the molecule is CC(C)OCCCN1C(=O)C(Nc2cccc(F)c2)=C(c2cccs2)C1=O. The highest BCUT2D eigenvalue weighted by atomic mass is 32.1. The molecule has 7 heteroatoms. The monoisotopic (exact) mass is 388 g/mol. The maximum Gasteiger partial charge on any atom is 0.278 e. The highest BCUT2D eigenvalue weighted by molar-refractivity contribution is 7.11. The lowest BCUT2D eigenvalue weighted by molar-refractivity contribution is -0.137. The van der Waals surface area contributed by atoms with Crippen LogP contribution in [0.5, 0.6) is 0 Å². The van der Waals surface area contributed by atoms with Gasteiger partial charge >= 0.3 is 0 Å². The molecule has 0 radical (unpaired) electrons. The molecule has 0 saturated carbocycles. The summed E-state index contributed by atoms with van der Waals surface area (Å²) in [5.41, 5.74) is 0.923. The summed E-state index contributed by atoms with van der Waals surface area (Å²) < 4.78 is 19.0. The minimum atomic E-state index is -0.419. The van der Waals surface area contributed by atoms with Crippen molar-refractivity contribution in [2.45, 2.75) is 26.4 Å². The molecule has 2 heterocycles. The Morgan fingerprint density at radius 2 is 2.00 bits per heavy atom. The Morgan fingerprint density at radius 1 is 1.19 bits per heavy atom. The first-order valence-electron chi connectivity index (χ1n) is 8.76. The Kier molecular flexibility index (Phi) is 6.03. The second-order valence-electron chi connectivity index (χ2n) is 6.40. The van der Waals surface area contributed by atoms with Crippen LogP contribution in [0.2, 0.25) is 0 Å². The number of thiophene rings is 1. The number of hydrogen-bond donors (Lipinski definition) is 1. The number of hydrogen-bond acceptors (Lipinski definition) is 5. The van der Waals surface area contributed by atoms with Crippen molar-refractivity contribution in [2.24, 2.45) is 0 Å². The predicted molar refractivity (Wildman–Crippen MR) is 104 cm³/mol. The molecule has 142 valence electrons. The molecule has 2 amide bonds. The van der Waals surface area contributed by atoms with E-state index >= 15 is 0 Å². The molecule has 0 fully saturated rings. The topological polar surface area (TPSA) is 58.6 Å². The molecule has 0 unspecified atom stereocenters. The Hall–Kier alpha value is -2.51. The van der Waals surface area contributed by atoms with E-state index < -0.39 is 11.7 Å². The van der Waals surface area contributed by atoms with Crippen LogP contribution in [0, 0.1) is 5.82 Å². The summed E-state index contributed by atoms with van der Waals surface area (Å²) in [6, 6.07) is 9.43. The van der Waals surface area contributed by atoms with Crippen molar-refractivity contribution in [3.63, 3.8) is 0 Å². The lowest BCUT2D eigenvalue weighted by atomic mass is 10.2. The molecule has 3 rings (SSSR count). The van der Waals surface area contributed by atoms with Gasteiger partial charge in [0, 0.05) is 23.7 Å². The van der Waals surface area contributed by atoms with Gasteiger partial charge in [0.1, 0.15) is 11.5 Å². The summed E-state index contributed by atoms with van der Waals surface area (Å²) in [6.07, 6.45) is 0.653. The van der Waals surface area contributed by atoms with Crippen molar-refractivity contribution < 1.29 is 18.7 Å². The molecular weight excluding hydrogens is 367 g/mol. The summed E-state index contributed by atoms with van der Waals surface area (Å²) in [5.74, 6) is -1.17. The minimum Gasteiger partial charge on any atom is -0.379 e. The van der Waals surface area contributed by atoms with Crippen LogP contribution in [0.3, 0.4) is 0 Å². The average molecular weight is 388 g/mol. The fourth-order valence-corrected chi connectivity index (χ4v) is 3.56. The van der Waals surface area contributed by atoms with Gasteiger partial charge in [0.15, 0.2) is 0 Å². The van der Waals surface area contributed by atoms with Gasteiger partial charge in [-0.2, -0.15) is 0 Å². The van der Waals surface area contributed by atoms with Crippen molar-refractivity contribution in [1.82, 2.24) is 4.90 Å². The quantitative estimate of drug-likeness (QED) is 0.551. The molecule has 1 aromatic carbocycles. The Bertz CT molecular complexity index is 862. The number of ether oxygens (including phenoxy) is 1. The number of benzene rings is 1. The van der Waals surface area contributed by atoms with Crippen LogP contribution >= 0.6 is 11.3 Å². The number of rotatable bonds is 8. The first kappa shape index (κ1) is 19.3. The van der Waals surface area contributed by atoms with Gasteiger partial charge in [-0.1, -0.05) is 12.1 Å². The fraction of sp³-hybridized carbons (Fsp3) is 0.300. The summed E-state index contributed by atoms with van der Waals surface area (Å²) in [4.78, 5) is 27.7. The molecule has 2 aromatic rings. The normalized spacial score (nSPS) is 14.6. The van der Waals surface area contributed by atoms with E-state index in [2.05, 4.69) is 5.32 Å². The van der Waals surface area contributed by atoms with E-state index in [0.717, 1.165) is 0 Å². The van der Waals surface area contributed by atoms with Crippen LogP contribution in [0.4, 0.5) is 10.1 Å². The van der Waals surface area contributed by atoms with E-state index in [1.807, 2.05) is 25.3 Å². The fourth-order valence-electron chi connectivity index (χ4n) is 2.80. The third-order valence-electron chi connectivity index (χ3n) is 4.01. The van der Waals surface area contributed by atoms with E-state index in [1.165, 1.54) is 28.4 Å². The molecule has 1 aliphatic rings. The van der Waals surface area contributed by atoms with E-state index in [4.69, 9.17) is 4.74 Å². The predicted octanol–water partition coefficient (Wildman–Crippen LogP) is 3.89. The Morgan fingerprint density at radius 3 is 2.67 bits per heavy atom. The molecule has 0 bridgehead atoms. The number of anilines is 1. The third kappa shape index (κ3) is 4.43. The number of halogens is 1. The van der Waals surface area contributed by atoms with Gasteiger partial charge < -0.3 is 10.1 Å². The van der Waals surface area contributed by atoms with Gasteiger partial charge in [-0.15, -0.1) is 11.3 Å². The van der Waals surface area contributed by atoms with E-state index in [-0.39, 0.29) is 24.3 Å². The zero-order chi connectivity index (χ0) is 19.4. The summed E-state index contributed by atoms with van der Waals surface area (Å²) in [6.45, 7) is 4.61. The second kappa shape index (κ2) is 8.45. The Balaban J connectivity index is 1.84. The first-order chi connectivity index (χ1) is 13.0. The summed E-state index contributed by atoms with van der Waals surface area (Å²) in [5, 5.41) is 4.79. The van der Waals surface area contributed by atoms with Gasteiger partial charge in [-0.25, -0.2) is 4.39 Å². The van der Waals surface area contributed by atoms with E-state index in [0.29, 0.717) is 29.2 Å². The van der Waals surface area contributed by atoms with E-state index in [1.54, 1.807) is 18.2 Å². The highest BCUT2D eigenvalue weighted by Gasteiger charge is 2.39. The standard InChI is InChI=1S/C20H21FN2O3S/c1-13(2)26-10-5-9-23-19(24)17(16-8-4-11-27-16)18(20(23)25)22-15-7-3-6-14(21)12-15/h3-4,6-8,11-13,22H,5,9-10H2,1-2H3. The molecule has 0 aliphatic carbocycles. The van der Waals surface area contributed by atoms with Crippen LogP contribution in [-0.2, 0) is 14.3 Å². The molecule has 1 aliphatic heterocycles. The smallest absolute Gasteiger partial charge is 0.278 e. The molecule has 0 saturated heterocycles. The molecule has 5 nitrogen and oxygen atoms in total. The molecule has 0 spiro atoms. The van der Waals surface area contributed by atoms with Crippen LogP contribution in [0.25, 0.3) is 5.57 Å². The van der Waals surface area contributed by atoms with Gasteiger partial charge in [-0.3, -0.25) is 14.5 Å². The second-order valence-corrected chi connectivity index (χ2v) is 7.35. The molecular formula is C20H21FN2O3S. The zero-order valence-corrected chi connectivity index (χ0v) is 16.0. The van der Waals surface area contributed by atoms with Crippen molar-refractivity contribution >= 4 is 34.4 Å².